The minimum atomic E-state index is -1.30. The van der Waals surface area contributed by atoms with Crippen LogP contribution in [0.3, 0.4) is 0 Å². The summed E-state index contributed by atoms with van der Waals surface area (Å²) < 4.78 is 12.0. The number of hydrogen-bond donors (Lipinski definition) is 0. The first kappa shape index (κ1) is 11.7. The van der Waals surface area contributed by atoms with E-state index in [2.05, 4.69) is 6.58 Å². The SMILES string of the molecule is C=CC1(C)CC12C(=O)N(C)c1ccccc1S2=O. The Kier molecular flexibility index (Phi) is 2.15. The van der Waals surface area contributed by atoms with Crippen molar-refractivity contribution in [1.29, 1.82) is 0 Å². The summed E-state index contributed by atoms with van der Waals surface area (Å²) in [6.45, 7) is 5.74. The predicted molar refractivity (Wildman–Crippen MR) is 71.9 cm³/mol. The van der Waals surface area contributed by atoms with Gasteiger partial charge in [0.15, 0.2) is 0 Å². The summed E-state index contributed by atoms with van der Waals surface area (Å²) in [5.74, 6) is -0.0538. The van der Waals surface area contributed by atoms with Gasteiger partial charge in [0.25, 0.3) is 0 Å². The van der Waals surface area contributed by atoms with Crippen LogP contribution in [0.1, 0.15) is 13.3 Å². The van der Waals surface area contributed by atoms with Crippen molar-refractivity contribution in [3.8, 4) is 0 Å². The van der Waals surface area contributed by atoms with E-state index in [1.807, 2.05) is 31.2 Å². The molecule has 0 N–H and O–H groups in total. The smallest absolute Gasteiger partial charge is 0.246 e. The first-order chi connectivity index (χ1) is 8.48. The Bertz CT molecular complexity index is 597. The van der Waals surface area contributed by atoms with Gasteiger partial charge in [-0.05, 0) is 18.6 Å². The van der Waals surface area contributed by atoms with E-state index in [1.54, 1.807) is 18.0 Å². The molecule has 18 heavy (non-hydrogen) atoms. The van der Waals surface area contributed by atoms with Crippen molar-refractivity contribution in [3.63, 3.8) is 0 Å². The van der Waals surface area contributed by atoms with Crippen LogP contribution in [-0.4, -0.2) is 21.9 Å². The number of rotatable bonds is 1. The summed E-state index contributed by atoms with van der Waals surface area (Å²) in [5, 5.41) is 0. The lowest BCUT2D eigenvalue weighted by atomic mass is 10.1. The second-order valence-corrected chi connectivity index (χ2v) is 6.90. The number of carbonyl (C=O) groups is 1. The third-order valence-corrected chi connectivity index (χ3v) is 6.42. The molecule has 1 aromatic rings. The monoisotopic (exact) mass is 261 g/mol. The van der Waals surface area contributed by atoms with E-state index in [-0.39, 0.29) is 11.3 Å². The molecule has 2 aliphatic rings. The summed E-state index contributed by atoms with van der Waals surface area (Å²) in [6, 6.07) is 7.41. The number of benzene rings is 1. The Morgan fingerprint density at radius 3 is 2.72 bits per heavy atom. The van der Waals surface area contributed by atoms with Crippen LogP contribution in [0.2, 0.25) is 0 Å². The van der Waals surface area contributed by atoms with Crippen molar-refractivity contribution in [1.82, 2.24) is 0 Å². The molecule has 0 bridgehead atoms. The Labute approximate surface area is 109 Å². The van der Waals surface area contributed by atoms with Crippen LogP contribution in [0.4, 0.5) is 5.69 Å². The van der Waals surface area contributed by atoms with Gasteiger partial charge < -0.3 is 4.90 Å². The summed E-state index contributed by atoms with van der Waals surface area (Å²) in [4.78, 5) is 14.9. The molecule has 94 valence electrons. The Balaban J connectivity index is 2.22. The highest BCUT2D eigenvalue weighted by atomic mass is 32.2. The van der Waals surface area contributed by atoms with Crippen LogP contribution in [0.5, 0.6) is 0 Å². The molecule has 4 heteroatoms. The molecule has 1 heterocycles. The molecule has 0 saturated heterocycles. The van der Waals surface area contributed by atoms with E-state index in [1.165, 1.54) is 0 Å². The highest BCUT2D eigenvalue weighted by Crippen LogP contribution is 2.64. The van der Waals surface area contributed by atoms with Gasteiger partial charge in [-0.25, -0.2) is 0 Å². The van der Waals surface area contributed by atoms with E-state index in [0.29, 0.717) is 6.42 Å². The van der Waals surface area contributed by atoms with Gasteiger partial charge in [-0.1, -0.05) is 25.1 Å². The zero-order chi connectivity index (χ0) is 13.1. The van der Waals surface area contributed by atoms with Gasteiger partial charge in [-0.2, -0.15) is 0 Å². The third kappa shape index (κ3) is 1.09. The molecular weight excluding hydrogens is 246 g/mol. The molecule has 1 amide bonds. The van der Waals surface area contributed by atoms with Crippen LogP contribution in [0, 0.1) is 5.41 Å². The molecule has 1 fully saturated rings. The topological polar surface area (TPSA) is 37.4 Å². The lowest BCUT2D eigenvalue weighted by Gasteiger charge is -2.33. The maximum absolute atomic E-state index is 12.7. The molecule has 1 aromatic carbocycles. The fraction of sp³-hybridized carbons (Fsp3) is 0.357. The average molecular weight is 261 g/mol. The molecule has 3 unspecified atom stereocenters. The summed E-state index contributed by atoms with van der Waals surface area (Å²) in [6.07, 6.45) is 2.39. The van der Waals surface area contributed by atoms with Gasteiger partial charge in [0.2, 0.25) is 5.91 Å². The molecule has 0 radical (unpaired) electrons. The Morgan fingerprint density at radius 1 is 1.44 bits per heavy atom. The number of amides is 1. The number of carbonyl (C=O) groups excluding carboxylic acids is 1. The Hall–Kier alpha value is -1.42. The normalized spacial score (nSPS) is 37.6. The predicted octanol–water partition coefficient (Wildman–Crippen LogP) is 2.11. The fourth-order valence-corrected chi connectivity index (χ4v) is 5.05. The largest absolute Gasteiger partial charge is 0.313 e. The van der Waals surface area contributed by atoms with Gasteiger partial charge in [-0.3, -0.25) is 9.00 Å². The minimum absolute atomic E-state index is 0.0538. The Morgan fingerprint density at radius 2 is 2.11 bits per heavy atom. The van der Waals surface area contributed by atoms with E-state index < -0.39 is 15.5 Å². The number of fused-ring (bicyclic) bond motifs is 1. The molecule has 3 nitrogen and oxygen atoms in total. The van der Waals surface area contributed by atoms with Crippen LogP contribution >= 0.6 is 0 Å². The van der Waals surface area contributed by atoms with Crippen LogP contribution in [0.25, 0.3) is 0 Å². The summed E-state index contributed by atoms with van der Waals surface area (Å²) in [7, 11) is 0.454. The molecule has 1 aliphatic carbocycles. The van der Waals surface area contributed by atoms with Crippen molar-refractivity contribution in [2.75, 3.05) is 11.9 Å². The first-order valence-electron chi connectivity index (χ1n) is 5.90. The second kappa shape index (κ2) is 3.32. The number of para-hydroxylation sites is 1. The van der Waals surface area contributed by atoms with Crippen LogP contribution < -0.4 is 4.90 Å². The van der Waals surface area contributed by atoms with Crippen LogP contribution in [0.15, 0.2) is 41.8 Å². The minimum Gasteiger partial charge on any atom is -0.313 e. The number of allylic oxidation sites excluding steroid dienone is 1. The van der Waals surface area contributed by atoms with Crippen molar-refractivity contribution < 1.29 is 9.00 Å². The standard InChI is InChI=1S/C14H15NO2S/c1-4-13(2)9-14(13)12(16)15(3)10-7-5-6-8-11(10)18(14)17/h4-8H,1,9H2,2-3H3. The van der Waals surface area contributed by atoms with E-state index in [4.69, 9.17) is 0 Å². The maximum atomic E-state index is 12.7. The van der Waals surface area contributed by atoms with Gasteiger partial charge in [0, 0.05) is 12.5 Å². The maximum Gasteiger partial charge on any atom is 0.246 e. The zero-order valence-electron chi connectivity index (χ0n) is 10.5. The summed E-state index contributed by atoms with van der Waals surface area (Å²) in [5.41, 5.74) is 0.404. The highest BCUT2D eigenvalue weighted by Gasteiger charge is 2.74. The summed E-state index contributed by atoms with van der Waals surface area (Å²) >= 11 is 0. The second-order valence-electron chi connectivity index (χ2n) is 5.23. The van der Waals surface area contributed by atoms with Gasteiger partial charge >= 0.3 is 0 Å². The molecule has 1 saturated carbocycles. The molecule has 1 spiro atoms. The van der Waals surface area contributed by atoms with Gasteiger partial charge in [-0.15, -0.1) is 6.58 Å². The average Bonchev–Trinajstić information content (AvgIpc) is 3.03. The third-order valence-electron chi connectivity index (χ3n) is 4.26. The first-order valence-corrected chi connectivity index (χ1v) is 7.05. The van der Waals surface area contributed by atoms with E-state index in [9.17, 15) is 9.00 Å². The van der Waals surface area contributed by atoms with Gasteiger partial charge in [0.05, 0.1) is 21.4 Å². The fourth-order valence-electron chi connectivity index (χ4n) is 2.85. The van der Waals surface area contributed by atoms with Crippen LogP contribution in [-0.2, 0) is 15.6 Å². The highest BCUT2D eigenvalue weighted by molar-refractivity contribution is 7.88. The molecular formula is C14H15NO2S. The van der Waals surface area contributed by atoms with E-state index in [0.717, 1.165) is 10.6 Å². The van der Waals surface area contributed by atoms with E-state index >= 15 is 0 Å². The van der Waals surface area contributed by atoms with Crippen molar-refractivity contribution >= 4 is 22.4 Å². The van der Waals surface area contributed by atoms with Gasteiger partial charge in [0.1, 0.15) is 4.75 Å². The number of nitrogens with zero attached hydrogens (tertiary/aromatic N) is 1. The molecule has 3 atom stereocenters. The van der Waals surface area contributed by atoms with Crippen molar-refractivity contribution in [2.24, 2.45) is 5.41 Å². The van der Waals surface area contributed by atoms with Crippen molar-refractivity contribution in [3.05, 3.63) is 36.9 Å². The molecule has 1 aliphatic heterocycles. The lowest BCUT2D eigenvalue weighted by molar-refractivity contribution is -0.119. The number of anilines is 1. The zero-order valence-corrected chi connectivity index (χ0v) is 11.3. The van der Waals surface area contributed by atoms with Crippen molar-refractivity contribution in [2.45, 2.75) is 23.0 Å². The quantitative estimate of drug-likeness (QED) is 0.726. The lowest BCUT2D eigenvalue weighted by Crippen LogP contribution is -2.48. The number of hydrogen-bond acceptors (Lipinski definition) is 2. The molecule has 0 aromatic heterocycles. The molecule has 3 rings (SSSR count).